The van der Waals surface area contributed by atoms with Crippen LogP contribution in [0.3, 0.4) is 0 Å². The van der Waals surface area contributed by atoms with E-state index in [0.29, 0.717) is 25.3 Å². The van der Waals surface area contributed by atoms with Crippen molar-refractivity contribution in [3.05, 3.63) is 11.8 Å². The van der Waals surface area contributed by atoms with E-state index in [2.05, 4.69) is 5.32 Å². The molecule has 0 saturated carbocycles. The summed E-state index contributed by atoms with van der Waals surface area (Å²) >= 11 is 0. The smallest absolute Gasteiger partial charge is 0.391 e. The molecule has 0 aromatic heterocycles. The second kappa shape index (κ2) is 5.39. The van der Waals surface area contributed by atoms with Gasteiger partial charge in [0.2, 0.25) is 0 Å². The summed E-state index contributed by atoms with van der Waals surface area (Å²) in [5, 5.41) is 2.85. The molecule has 2 nitrogen and oxygen atoms in total. The van der Waals surface area contributed by atoms with Crippen LogP contribution in [0.15, 0.2) is 11.8 Å². The van der Waals surface area contributed by atoms with Gasteiger partial charge in [-0.05, 0) is 19.0 Å². The van der Waals surface area contributed by atoms with Crippen molar-refractivity contribution in [3.8, 4) is 0 Å². The lowest BCUT2D eigenvalue weighted by atomic mass is 10.1. The highest BCUT2D eigenvalue weighted by atomic mass is 19.4. The highest BCUT2D eigenvalue weighted by Gasteiger charge is 2.34. The van der Waals surface area contributed by atoms with Gasteiger partial charge >= 0.3 is 6.18 Å². The Balaban J connectivity index is 2.52. The van der Waals surface area contributed by atoms with Crippen LogP contribution in [0.25, 0.3) is 0 Å². The molecule has 1 aliphatic rings. The fourth-order valence-electron chi connectivity index (χ4n) is 1.50. The second-order valence-corrected chi connectivity index (χ2v) is 3.57. The van der Waals surface area contributed by atoms with Gasteiger partial charge in [0.1, 0.15) is 5.76 Å². The van der Waals surface area contributed by atoms with Gasteiger partial charge in [-0.2, -0.15) is 13.2 Å². The monoisotopic (exact) mass is 223 g/mol. The molecule has 0 aliphatic carbocycles. The fourth-order valence-corrected chi connectivity index (χ4v) is 1.50. The summed E-state index contributed by atoms with van der Waals surface area (Å²) in [4.78, 5) is 0. The normalized spacial score (nSPS) is 18.5. The van der Waals surface area contributed by atoms with E-state index in [1.165, 1.54) is 0 Å². The van der Waals surface area contributed by atoms with Crippen molar-refractivity contribution >= 4 is 0 Å². The third kappa shape index (κ3) is 4.55. The summed E-state index contributed by atoms with van der Waals surface area (Å²) in [5.41, 5.74) is 0. The Morgan fingerprint density at radius 3 is 2.73 bits per heavy atom. The van der Waals surface area contributed by atoms with Gasteiger partial charge in [-0.25, -0.2) is 0 Å². The molecule has 1 aliphatic heterocycles. The zero-order valence-corrected chi connectivity index (χ0v) is 8.73. The first-order chi connectivity index (χ1) is 7.03. The minimum atomic E-state index is -4.15. The maximum atomic E-state index is 12.3. The summed E-state index contributed by atoms with van der Waals surface area (Å²) in [5.74, 6) is 0.445. The second-order valence-electron chi connectivity index (χ2n) is 3.57. The van der Waals surface area contributed by atoms with E-state index in [9.17, 15) is 13.2 Å². The Bertz CT molecular complexity index is 225. The molecule has 15 heavy (non-hydrogen) atoms. The quantitative estimate of drug-likeness (QED) is 0.773. The molecule has 0 fully saturated rings. The zero-order valence-electron chi connectivity index (χ0n) is 8.73. The predicted octanol–water partition coefficient (Wildman–Crippen LogP) is 2.61. The van der Waals surface area contributed by atoms with Crippen molar-refractivity contribution in [3.63, 3.8) is 0 Å². The van der Waals surface area contributed by atoms with Crippen LogP contribution in [-0.4, -0.2) is 25.4 Å². The number of rotatable bonds is 5. The largest absolute Gasteiger partial charge is 0.496 e. The zero-order chi connectivity index (χ0) is 11.3. The summed E-state index contributed by atoms with van der Waals surface area (Å²) in [6, 6.07) is -0.715. The molecule has 1 N–H and O–H groups in total. The van der Waals surface area contributed by atoms with Crippen molar-refractivity contribution in [2.24, 2.45) is 0 Å². The molecule has 1 heterocycles. The van der Waals surface area contributed by atoms with Crippen LogP contribution < -0.4 is 5.32 Å². The standard InChI is InChI=1S/C10H16F3NO/c1-2-5-14-8(7-10(11,12)13)9-4-3-6-15-9/h4,8,14H,2-3,5-7H2,1H3. The number of nitrogens with one attached hydrogen (secondary N) is 1. The highest BCUT2D eigenvalue weighted by molar-refractivity contribution is 5.07. The fraction of sp³-hybridized carbons (Fsp3) is 0.800. The lowest BCUT2D eigenvalue weighted by molar-refractivity contribution is -0.139. The van der Waals surface area contributed by atoms with Gasteiger partial charge < -0.3 is 10.1 Å². The molecule has 5 heteroatoms. The summed E-state index contributed by atoms with van der Waals surface area (Å²) in [7, 11) is 0. The number of ether oxygens (including phenoxy) is 1. The molecule has 1 atom stereocenters. The topological polar surface area (TPSA) is 21.3 Å². The summed E-state index contributed by atoms with van der Waals surface area (Å²) in [6.45, 7) is 2.99. The van der Waals surface area contributed by atoms with Gasteiger partial charge in [-0.15, -0.1) is 0 Å². The molecular weight excluding hydrogens is 207 g/mol. The molecule has 1 unspecified atom stereocenters. The van der Waals surface area contributed by atoms with Crippen molar-refractivity contribution in [2.45, 2.75) is 38.4 Å². The van der Waals surface area contributed by atoms with E-state index in [4.69, 9.17) is 4.74 Å². The van der Waals surface area contributed by atoms with Crippen LogP contribution in [0.4, 0.5) is 13.2 Å². The Morgan fingerprint density at radius 1 is 1.53 bits per heavy atom. The minimum Gasteiger partial charge on any atom is -0.496 e. The lowest BCUT2D eigenvalue weighted by Gasteiger charge is -2.20. The van der Waals surface area contributed by atoms with Crippen LogP contribution in [0.2, 0.25) is 0 Å². The highest BCUT2D eigenvalue weighted by Crippen LogP contribution is 2.26. The molecule has 0 spiro atoms. The summed E-state index contributed by atoms with van der Waals surface area (Å²) < 4.78 is 41.9. The van der Waals surface area contributed by atoms with Gasteiger partial charge in [-0.3, -0.25) is 0 Å². The van der Waals surface area contributed by atoms with E-state index in [1.54, 1.807) is 6.08 Å². The number of halogens is 3. The van der Waals surface area contributed by atoms with Crippen molar-refractivity contribution in [1.82, 2.24) is 5.32 Å². The van der Waals surface area contributed by atoms with E-state index < -0.39 is 18.6 Å². The van der Waals surface area contributed by atoms with E-state index in [1.807, 2.05) is 6.92 Å². The van der Waals surface area contributed by atoms with Crippen LogP contribution in [0.5, 0.6) is 0 Å². The molecule has 1 rings (SSSR count). The average molecular weight is 223 g/mol. The average Bonchev–Trinajstić information content (AvgIpc) is 2.63. The predicted molar refractivity (Wildman–Crippen MR) is 51.4 cm³/mol. The molecule has 0 aromatic rings. The van der Waals surface area contributed by atoms with Crippen LogP contribution in [0.1, 0.15) is 26.2 Å². The molecule has 0 aromatic carbocycles. The number of hydrogen-bond acceptors (Lipinski definition) is 2. The molecule has 0 radical (unpaired) electrons. The van der Waals surface area contributed by atoms with Gasteiger partial charge in [0, 0.05) is 6.42 Å². The maximum absolute atomic E-state index is 12.3. The Hall–Kier alpha value is -0.710. The van der Waals surface area contributed by atoms with Gasteiger partial charge in [0.05, 0.1) is 19.1 Å². The third-order valence-electron chi connectivity index (χ3n) is 2.15. The molecular formula is C10H16F3NO. The summed E-state index contributed by atoms with van der Waals surface area (Å²) in [6.07, 6.45) is -1.77. The Morgan fingerprint density at radius 2 is 2.27 bits per heavy atom. The molecule has 0 saturated heterocycles. The SMILES string of the molecule is CCCNC(CC(F)(F)F)C1=CCCO1. The molecule has 0 bridgehead atoms. The van der Waals surface area contributed by atoms with Gasteiger partial charge in [0.15, 0.2) is 0 Å². The first-order valence-electron chi connectivity index (χ1n) is 5.16. The first kappa shape index (κ1) is 12.4. The van der Waals surface area contributed by atoms with Crippen LogP contribution in [-0.2, 0) is 4.74 Å². The third-order valence-corrected chi connectivity index (χ3v) is 2.15. The first-order valence-corrected chi connectivity index (χ1v) is 5.16. The maximum Gasteiger partial charge on any atom is 0.391 e. The molecule has 0 amide bonds. The molecule has 88 valence electrons. The van der Waals surface area contributed by atoms with Gasteiger partial charge in [-0.1, -0.05) is 6.92 Å². The van der Waals surface area contributed by atoms with E-state index in [0.717, 1.165) is 6.42 Å². The van der Waals surface area contributed by atoms with E-state index in [-0.39, 0.29) is 0 Å². The van der Waals surface area contributed by atoms with E-state index >= 15 is 0 Å². The lowest BCUT2D eigenvalue weighted by Crippen LogP contribution is -2.36. The van der Waals surface area contributed by atoms with Crippen molar-refractivity contribution in [2.75, 3.05) is 13.2 Å². The van der Waals surface area contributed by atoms with Crippen molar-refractivity contribution in [1.29, 1.82) is 0 Å². The minimum absolute atomic E-state index is 0.445. The number of hydrogen-bond donors (Lipinski definition) is 1. The Labute approximate surface area is 87.5 Å². The van der Waals surface area contributed by atoms with Crippen LogP contribution >= 0.6 is 0 Å². The number of alkyl halides is 3. The van der Waals surface area contributed by atoms with Gasteiger partial charge in [0.25, 0.3) is 0 Å². The van der Waals surface area contributed by atoms with Crippen LogP contribution in [0, 0.1) is 0 Å². The van der Waals surface area contributed by atoms with Crippen molar-refractivity contribution < 1.29 is 17.9 Å². The Kier molecular flexibility index (Phi) is 4.45.